The third kappa shape index (κ3) is 5.19. The van der Waals surface area contributed by atoms with Gasteiger partial charge >= 0.3 is 0 Å². The molecule has 2 bridgehead atoms. The Labute approximate surface area is 254 Å². The van der Waals surface area contributed by atoms with E-state index in [1.807, 2.05) is 0 Å². The summed E-state index contributed by atoms with van der Waals surface area (Å²) in [7, 11) is 0. The van der Waals surface area contributed by atoms with Gasteiger partial charge in [-0.05, 0) is 102 Å². The van der Waals surface area contributed by atoms with Crippen molar-refractivity contribution in [2.24, 2.45) is 0 Å². The molecule has 4 aliphatic rings. The lowest BCUT2D eigenvalue weighted by Crippen LogP contribution is -2.45. The minimum atomic E-state index is -0.498. The van der Waals surface area contributed by atoms with Crippen LogP contribution < -0.4 is 0 Å². The van der Waals surface area contributed by atoms with E-state index in [1.165, 1.54) is 113 Å². The van der Waals surface area contributed by atoms with E-state index in [9.17, 15) is 4.79 Å². The number of hydrogen-bond donors (Lipinski definition) is 1. The van der Waals surface area contributed by atoms with Gasteiger partial charge in [0.2, 0.25) is 5.91 Å². The fourth-order valence-electron chi connectivity index (χ4n) is 8.16. The number of fused-ring (bicyclic) bond motifs is 3. The minimum absolute atomic E-state index is 0.335. The highest BCUT2D eigenvalue weighted by atomic mass is 32.2. The molecule has 0 spiro atoms. The number of hydrogen-bond acceptors (Lipinski definition) is 5. The van der Waals surface area contributed by atoms with Crippen molar-refractivity contribution in [1.29, 1.82) is 0 Å². The number of carbonyl (C=O) groups excluding carboxylic acids is 1. The predicted molar refractivity (Wildman–Crippen MR) is 174 cm³/mol. The zero-order chi connectivity index (χ0) is 28.3. The molecule has 0 aliphatic carbocycles. The van der Waals surface area contributed by atoms with Crippen LogP contribution in [0.1, 0.15) is 67.5 Å². The molecular weight excluding hydrogens is 545 g/mol. The van der Waals surface area contributed by atoms with E-state index >= 15 is 0 Å². The zero-order valence-electron chi connectivity index (χ0n) is 25.3. The second-order valence-electron chi connectivity index (χ2n) is 13.6. The van der Waals surface area contributed by atoms with Gasteiger partial charge in [-0.2, -0.15) is 11.8 Å². The molecule has 2 aromatic heterocycles. The van der Waals surface area contributed by atoms with Crippen LogP contribution in [0, 0.1) is 13.8 Å². The van der Waals surface area contributed by atoms with Crippen molar-refractivity contribution in [1.82, 2.24) is 19.7 Å². The molecule has 6 heterocycles. The molecule has 1 aromatic carbocycles. The first-order valence-corrected chi connectivity index (χ1v) is 17.9. The minimum Gasteiger partial charge on any atom is -0.346 e. The Hall–Kier alpha value is -1.80. The van der Waals surface area contributed by atoms with Crippen molar-refractivity contribution in [3.05, 3.63) is 45.8 Å². The van der Waals surface area contributed by atoms with E-state index in [0.717, 1.165) is 19.0 Å². The molecule has 7 rings (SSSR count). The quantitative estimate of drug-likeness (QED) is 0.336. The fourth-order valence-corrected chi connectivity index (χ4v) is 10.3. The molecule has 1 N–H and O–H groups in total. The lowest BCUT2D eigenvalue weighted by atomic mass is 9.88. The summed E-state index contributed by atoms with van der Waals surface area (Å²) in [5.74, 6) is 2.91. The van der Waals surface area contributed by atoms with Gasteiger partial charge in [0.25, 0.3) is 0 Å². The molecule has 0 radical (unpaired) electrons. The van der Waals surface area contributed by atoms with Gasteiger partial charge in [0.05, 0.1) is 11.1 Å². The largest absolute Gasteiger partial charge is 0.346 e. The normalized spacial score (nSPS) is 25.7. The number of thioether (sulfide) groups is 1. The summed E-state index contributed by atoms with van der Waals surface area (Å²) in [5.41, 5.74) is 6.10. The van der Waals surface area contributed by atoms with E-state index in [2.05, 4.69) is 83.4 Å². The lowest BCUT2D eigenvalue weighted by Gasteiger charge is -2.32. The van der Waals surface area contributed by atoms with Gasteiger partial charge in [-0.3, -0.25) is 9.69 Å². The van der Waals surface area contributed by atoms with Crippen LogP contribution in [0.25, 0.3) is 21.5 Å². The number of nitrogens with one attached hydrogen (secondary N) is 1. The summed E-state index contributed by atoms with van der Waals surface area (Å²) in [6, 6.07) is 10.9. The highest BCUT2D eigenvalue weighted by Gasteiger charge is 2.47. The van der Waals surface area contributed by atoms with E-state index in [4.69, 9.17) is 0 Å². The van der Waals surface area contributed by atoms with Crippen molar-refractivity contribution in [3.63, 3.8) is 0 Å². The smallest absolute Gasteiger partial charge is 0.233 e. The van der Waals surface area contributed by atoms with Gasteiger partial charge < -0.3 is 14.8 Å². The Bertz CT molecular complexity index is 1390. The maximum Gasteiger partial charge on any atom is 0.233 e. The molecular formula is C34H46N4OS2. The number of thiophene rings is 1. The number of aromatic amines is 1. The van der Waals surface area contributed by atoms with Gasteiger partial charge in [-0.25, -0.2) is 0 Å². The molecule has 1 unspecified atom stereocenters. The number of aromatic nitrogens is 1. The Balaban J connectivity index is 1.17. The molecule has 220 valence electrons. The first-order chi connectivity index (χ1) is 19.8. The number of rotatable bonds is 7. The number of carbonyl (C=O) groups is 1. The second-order valence-corrected chi connectivity index (χ2v) is 15.9. The number of amides is 1. The maximum absolute atomic E-state index is 13.9. The summed E-state index contributed by atoms with van der Waals surface area (Å²) < 4.78 is 0. The molecule has 41 heavy (non-hydrogen) atoms. The summed E-state index contributed by atoms with van der Waals surface area (Å²) >= 11 is 3.91. The molecule has 0 saturated carbocycles. The summed E-state index contributed by atoms with van der Waals surface area (Å²) in [6.45, 7) is 14.7. The molecule has 3 aromatic rings. The average Bonchev–Trinajstić information content (AvgIpc) is 3.78. The lowest BCUT2D eigenvalue weighted by molar-refractivity contribution is -0.137. The number of benzene rings is 1. The summed E-state index contributed by atoms with van der Waals surface area (Å²) in [5, 5.41) is 1.33. The highest BCUT2D eigenvalue weighted by Crippen LogP contribution is 2.44. The molecule has 7 heteroatoms. The van der Waals surface area contributed by atoms with Crippen LogP contribution in [0.15, 0.2) is 24.3 Å². The standard InChI is InChI=1S/C34H46N4OS2/c1-22-17-23(2)19-24(18-22)31-28(10-12-36-11-9-27(21-36)37-13-15-40-16-14-37)29-20-30(41-32(29)35-31)34(3,4)33(39)38-25-5-6-26(38)8-7-25/h17-20,25-27,35H,5-16,21H2,1-4H3. The van der Waals surface area contributed by atoms with Crippen molar-refractivity contribution in [2.75, 3.05) is 44.2 Å². The van der Waals surface area contributed by atoms with E-state index < -0.39 is 5.41 Å². The van der Waals surface area contributed by atoms with Crippen LogP contribution in [0.4, 0.5) is 0 Å². The van der Waals surface area contributed by atoms with Crippen LogP contribution in [0.2, 0.25) is 0 Å². The van der Waals surface area contributed by atoms with Gasteiger partial charge in [-0.1, -0.05) is 17.2 Å². The summed E-state index contributed by atoms with van der Waals surface area (Å²) in [6.07, 6.45) is 7.09. The third-order valence-electron chi connectivity index (χ3n) is 10.4. The van der Waals surface area contributed by atoms with Crippen LogP contribution in [0.5, 0.6) is 0 Å². The van der Waals surface area contributed by atoms with Crippen LogP contribution in [0.3, 0.4) is 0 Å². The molecule has 4 aliphatic heterocycles. The summed E-state index contributed by atoms with van der Waals surface area (Å²) in [4.78, 5) is 27.9. The van der Waals surface area contributed by atoms with Crippen LogP contribution in [-0.4, -0.2) is 87.9 Å². The Morgan fingerprint density at radius 1 is 0.927 bits per heavy atom. The number of aryl methyl sites for hydroxylation is 2. The van der Waals surface area contributed by atoms with Crippen LogP contribution in [-0.2, 0) is 16.6 Å². The third-order valence-corrected chi connectivity index (χ3v) is 12.8. The molecule has 4 saturated heterocycles. The highest BCUT2D eigenvalue weighted by molar-refractivity contribution is 7.99. The zero-order valence-corrected chi connectivity index (χ0v) is 26.9. The first kappa shape index (κ1) is 28.0. The van der Waals surface area contributed by atoms with Crippen molar-refractivity contribution < 1.29 is 4.79 Å². The first-order valence-electron chi connectivity index (χ1n) is 15.9. The second kappa shape index (κ2) is 11.0. The van der Waals surface area contributed by atoms with Gasteiger partial charge in [0, 0.05) is 66.1 Å². The Kier molecular flexibility index (Phi) is 7.54. The van der Waals surface area contributed by atoms with Gasteiger partial charge in [0.15, 0.2) is 0 Å². The Morgan fingerprint density at radius 2 is 1.61 bits per heavy atom. The van der Waals surface area contributed by atoms with Crippen molar-refractivity contribution in [3.8, 4) is 11.3 Å². The van der Waals surface area contributed by atoms with E-state index in [1.54, 1.807) is 11.3 Å². The average molecular weight is 591 g/mol. The molecule has 5 nitrogen and oxygen atoms in total. The number of nitrogens with zero attached hydrogens (tertiary/aromatic N) is 3. The van der Waals surface area contributed by atoms with Crippen LogP contribution >= 0.6 is 23.1 Å². The van der Waals surface area contributed by atoms with Crippen molar-refractivity contribution >= 4 is 39.2 Å². The predicted octanol–water partition coefficient (Wildman–Crippen LogP) is 6.61. The molecule has 1 amide bonds. The maximum atomic E-state index is 13.9. The molecule has 4 fully saturated rings. The Morgan fingerprint density at radius 3 is 2.29 bits per heavy atom. The van der Waals surface area contributed by atoms with Gasteiger partial charge in [-0.15, -0.1) is 11.3 Å². The molecule has 1 atom stereocenters. The topological polar surface area (TPSA) is 42.6 Å². The van der Waals surface area contributed by atoms with E-state index in [0.29, 0.717) is 18.0 Å². The van der Waals surface area contributed by atoms with Gasteiger partial charge in [0.1, 0.15) is 4.83 Å². The SMILES string of the molecule is Cc1cc(C)cc(-c2[nH]c3sc(C(C)(C)C(=O)N4C5CCC4CC5)cc3c2CCN2CCC(N3CCSCC3)C2)c1. The number of likely N-dealkylation sites (tertiary alicyclic amines) is 1. The monoisotopic (exact) mass is 590 g/mol. The fraction of sp³-hybridized carbons (Fsp3) is 0.618. The number of H-pyrrole nitrogens is 1. The van der Waals surface area contributed by atoms with Crippen molar-refractivity contribution in [2.45, 2.75) is 89.8 Å². The van der Waals surface area contributed by atoms with E-state index in [-0.39, 0.29) is 0 Å².